The number of nitrogens with two attached hydrogens (primary N) is 1. The number of rotatable bonds is 5. The molecule has 2 rings (SSSR count). The number of amidine groups is 1. The van der Waals surface area contributed by atoms with E-state index < -0.39 is 17.9 Å². The Bertz CT molecular complexity index is 831. The minimum Gasteiger partial charge on any atom is -0.404 e. The molecule has 5 nitrogen and oxygen atoms in total. The first-order valence-electron chi connectivity index (χ1n) is 7.76. The largest absolute Gasteiger partial charge is 0.573 e. The van der Waals surface area contributed by atoms with Crippen LogP contribution in [0.3, 0.4) is 0 Å². The monoisotopic (exact) mass is 365 g/mol. The molecule has 0 saturated carbocycles. The van der Waals surface area contributed by atoms with Gasteiger partial charge in [0.2, 0.25) is 5.91 Å². The standard InChI is InChI=1S/C18H18F3N3O2/c1-3-14(25)24-13-9-8-12(17(22)23)16(26-18(19,20)21)15(13)11-6-4-10(2)5-7-11/h4-9H,3H2,1-2H3,(H3,22,23)(H,24,25). The third kappa shape index (κ3) is 4.53. The number of amides is 1. The zero-order chi connectivity index (χ0) is 19.5. The molecule has 1 amide bonds. The summed E-state index contributed by atoms with van der Waals surface area (Å²) >= 11 is 0. The molecule has 0 aliphatic carbocycles. The number of alkyl halides is 3. The molecule has 0 heterocycles. The van der Waals surface area contributed by atoms with Crippen molar-refractivity contribution in [3.8, 4) is 16.9 Å². The van der Waals surface area contributed by atoms with Gasteiger partial charge in [-0.05, 0) is 24.6 Å². The highest BCUT2D eigenvalue weighted by molar-refractivity contribution is 6.04. The molecule has 0 aliphatic heterocycles. The molecule has 2 aromatic carbocycles. The van der Waals surface area contributed by atoms with Crippen LogP contribution in [0.4, 0.5) is 18.9 Å². The van der Waals surface area contributed by atoms with Crippen molar-refractivity contribution in [2.24, 2.45) is 5.73 Å². The number of ether oxygens (including phenoxy) is 1. The van der Waals surface area contributed by atoms with E-state index in [0.29, 0.717) is 5.56 Å². The molecule has 0 radical (unpaired) electrons. The lowest BCUT2D eigenvalue weighted by Gasteiger charge is -2.20. The number of anilines is 1. The van der Waals surface area contributed by atoms with Crippen LogP contribution in [0, 0.1) is 12.3 Å². The SMILES string of the molecule is CCC(=O)Nc1ccc(C(=N)N)c(OC(F)(F)F)c1-c1ccc(C)cc1. The maximum Gasteiger partial charge on any atom is 0.573 e. The highest BCUT2D eigenvalue weighted by Gasteiger charge is 2.34. The molecule has 138 valence electrons. The van der Waals surface area contributed by atoms with Gasteiger partial charge < -0.3 is 15.8 Å². The lowest BCUT2D eigenvalue weighted by atomic mass is 9.97. The van der Waals surface area contributed by atoms with E-state index >= 15 is 0 Å². The van der Waals surface area contributed by atoms with Crippen molar-refractivity contribution in [2.75, 3.05) is 5.32 Å². The second-order valence-electron chi connectivity index (χ2n) is 5.59. The molecular formula is C18H18F3N3O2. The molecule has 0 bridgehead atoms. The van der Waals surface area contributed by atoms with E-state index in [4.69, 9.17) is 11.1 Å². The van der Waals surface area contributed by atoms with Crippen molar-refractivity contribution < 1.29 is 22.7 Å². The van der Waals surface area contributed by atoms with E-state index in [9.17, 15) is 18.0 Å². The Labute approximate surface area is 148 Å². The molecule has 0 saturated heterocycles. The van der Waals surface area contributed by atoms with Crippen molar-refractivity contribution in [2.45, 2.75) is 26.6 Å². The minimum absolute atomic E-state index is 0.0109. The van der Waals surface area contributed by atoms with Crippen LogP contribution in [0.15, 0.2) is 36.4 Å². The summed E-state index contributed by atoms with van der Waals surface area (Å²) in [6.07, 6.45) is -4.84. The number of nitrogen functional groups attached to an aromatic ring is 1. The third-order valence-corrected chi connectivity index (χ3v) is 3.60. The van der Waals surface area contributed by atoms with Gasteiger partial charge in [-0.1, -0.05) is 36.8 Å². The number of aryl methyl sites for hydroxylation is 1. The van der Waals surface area contributed by atoms with Crippen LogP contribution in [0.2, 0.25) is 0 Å². The molecule has 26 heavy (non-hydrogen) atoms. The summed E-state index contributed by atoms with van der Waals surface area (Å²) in [5.41, 5.74) is 6.67. The fraction of sp³-hybridized carbons (Fsp3) is 0.222. The Kier molecular flexibility index (Phi) is 5.54. The summed E-state index contributed by atoms with van der Waals surface area (Å²) < 4.78 is 43.1. The zero-order valence-corrected chi connectivity index (χ0v) is 14.2. The van der Waals surface area contributed by atoms with E-state index in [1.807, 2.05) is 6.92 Å². The minimum atomic E-state index is -4.99. The maximum atomic E-state index is 13.0. The van der Waals surface area contributed by atoms with Gasteiger partial charge in [-0.3, -0.25) is 10.2 Å². The van der Waals surface area contributed by atoms with E-state index in [0.717, 1.165) is 5.56 Å². The van der Waals surface area contributed by atoms with Crippen molar-refractivity contribution in [1.29, 1.82) is 5.41 Å². The van der Waals surface area contributed by atoms with E-state index in [1.165, 1.54) is 12.1 Å². The number of carbonyl (C=O) groups excluding carboxylic acids is 1. The van der Waals surface area contributed by atoms with Crippen molar-refractivity contribution in [3.05, 3.63) is 47.5 Å². The lowest BCUT2D eigenvalue weighted by molar-refractivity contribution is -0.274. The number of benzene rings is 2. The Hall–Kier alpha value is -3.03. The van der Waals surface area contributed by atoms with Crippen LogP contribution in [0.25, 0.3) is 11.1 Å². The number of halogens is 3. The van der Waals surface area contributed by atoms with Gasteiger partial charge in [-0.25, -0.2) is 0 Å². The molecule has 0 aromatic heterocycles. The fourth-order valence-corrected chi connectivity index (χ4v) is 2.37. The molecule has 8 heteroatoms. The predicted octanol–water partition coefficient (Wildman–Crippen LogP) is 4.19. The van der Waals surface area contributed by atoms with Crippen molar-refractivity contribution in [1.82, 2.24) is 0 Å². The first kappa shape index (κ1) is 19.3. The number of hydrogen-bond donors (Lipinski definition) is 3. The van der Waals surface area contributed by atoms with Gasteiger partial charge in [0, 0.05) is 12.0 Å². The van der Waals surface area contributed by atoms with Crippen LogP contribution in [-0.4, -0.2) is 18.1 Å². The first-order valence-corrected chi connectivity index (χ1v) is 7.76. The Balaban J connectivity index is 2.77. The second kappa shape index (κ2) is 7.47. The Morgan fingerprint density at radius 1 is 1.19 bits per heavy atom. The van der Waals surface area contributed by atoms with Crippen LogP contribution in [0.1, 0.15) is 24.5 Å². The molecule has 0 atom stereocenters. The van der Waals surface area contributed by atoms with Crippen LogP contribution < -0.4 is 15.8 Å². The highest BCUT2D eigenvalue weighted by atomic mass is 19.4. The number of hydrogen-bond acceptors (Lipinski definition) is 3. The van der Waals surface area contributed by atoms with Gasteiger partial charge in [0.05, 0.1) is 11.3 Å². The average Bonchev–Trinajstić information content (AvgIpc) is 2.54. The maximum absolute atomic E-state index is 13.0. The van der Waals surface area contributed by atoms with Crippen molar-refractivity contribution >= 4 is 17.4 Å². The summed E-state index contributed by atoms with van der Waals surface area (Å²) in [6.45, 7) is 3.46. The van der Waals surface area contributed by atoms with Gasteiger partial charge >= 0.3 is 6.36 Å². The first-order chi connectivity index (χ1) is 12.1. The van der Waals surface area contributed by atoms with Crippen molar-refractivity contribution in [3.63, 3.8) is 0 Å². The third-order valence-electron chi connectivity index (χ3n) is 3.60. The summed E-state index contributed by atoms with van der Waals surface area (Å²) in [5.74, 6) is -1.57. The quantitative estimate of drug-likeness (QED) is 0.548. The fourth-order valence-electron chi connectivity index (χ4n) is 2.37. The zero-order valence-electron chi connectivity index (χ0n) is 14.2. The topological polar surface area (TPSA) is 88.2 Å². The predicted molar refractivity (Wildman–Crippen MR) is 93.2 cm³/mol. The van der Waals surface area contributed by atoms with Gasteiger partial charge in [0.15, 0.2) is 0 Å². The van der Waals surface area contributed by atoms with Crippen LogP contribution in [-0.2, 0) is 4.79 Å². The normalized spacial score (nSPS) is 11.1. The molecule has 2 aromatic rings. The van der Waals surface area contributed by atoms with Gasteiger partial charge in [0.25, 0.3) is 0 Å². The Morgan fingerprint density at radius 3 is 2.31 bits per heavy atom. The molecule has 0 aliphatic rings. The van der Waals surface area contributed by atoms with Gasteiger partial charge in [-0.15, -0.1) is 13.2 Å². The second-order valence-corrected chi connectivity index (χ2v) is 5.59. The van der Waals surface area contributed by atoms with Crippen LogP contribution in [0.5, 0.6) is 5.75 Å². The summed E-state index contributed by atoms with van der Waals surface area (Å²) in [4.78, 5) is 11.8. The van der Waals surface area contributed by atoms with E-state index in [-0.39, 0.29) is 29.1 Å². The Morgan fingerprint density at radius 2 is 1.81 bits per heavy atom. The molecule has 0 unspecified atom stereocenters. The summed E-state index contributed by atoms with van der Waals surface area (Å²) in [5, 5.41) is 10.1. The lowest BCUT2D eigenvalue weighted by Crippen LogP contribution is -2.22. The number of nitrogens with one attached hydrogen (secondary N) is 2. The van der Waals surface area contributed by atoms with E-state index in [1.54, 1.807) is 31.2 Å². The molecular weight excluding hydrogens is 347 g/mol. The van der Waals surface area contributed by atoms with E-state index in [2.05, 4.69) is 10.1 Å². The van der Waals surface area contributed by atoms with Gasteiger partial charge in [0.1, 0.15) is 11.6 Å². The summed E-state index contributed by atoms with van der Waals surface area (Å²) in [7, 11) is 0. The summed E-state index contributed by atoms with van der Waals surface area (Å²) in [6, 6.07) is 9.28. The number of carbonyl (C=O) groups is 1. The highest BCUT2D eigenvalue weighted by Crippen LogP contribution is 2.42. The molecule has 0 spiro atoms. The van der Waals surface area contributed by atoms with Crippen LogP contribution >= 0.6 is 0 Å². The molecule has 4 N–H and O–H groups in total. The average molecular weight is 365 g/mol. The molecule has 0 fully saturated rings. The van der Waals surface area contributed by atoms with Gasteiger partial charge in [-0.2, -0.15) is 0 Å². The smallest absolute Gasteiger partial charge is 0.404 e.